The number of morpholine rings is 1. The molecule has 1 atom stereocenters. The highest BCUT2D eigenvalue weighted by atomic mass is 32.2. The van der Waals surface area contributed by atoms with E-state index in [0.29, 0.717) is 32.7 Å². The number of ether oxygens (including phenoxy) is 1. The minimum absolute atomic E-state index is 0.00250. The average Bonchev–Trinajstić information content (AvgIpc) is 2.29. The van der Waals surface area contributed by atoms with Crippen molar-refractivity contribution in [2.24, 2.45) is 0 Å². The number of carbonyl (C=O) groups excluding carboxylic acids is 1. The molecule has 0 aromatic heterocycles. The number of rotatable bonds is 6. The SMILES string of the molecule is O=C(O)CCCS(=O)CC(=O)N1CCOCC1. The molecule has 0 bridgehead atoms. The van der Waals surface area contributed by atoms with Gasteiger partial charge >= 0.3 is 5.97 Å². The first kappa shape index (κ1) is 14.1. The van der Waals surface area contributed by atoms with Gasteiger partial charge in [0.05, 0.1) is 13.2 Å². The van der Waals surface area contributed by atoms with Crippen LogP contribution in [0.5, 0.6) is 0 Å². The van der Waals surface area contributed by atoms with Gasteiger partial charge in [-0.3, -0.25) is 13.8 Å². The maximum atomic E-state index is 11.7. The van der Waals surface area contributed by atoms with Crippen molar-refractivity contribution in [1.82, 2.24) is 4.90 Å². The summed E-state index contributed by atoms with van der Waals surface area (Å²) in [6.07, 6.45) is 0.343. The zero-order valence-corrected chi connectivity index (χ0v) is 10.4. The van der Waals surface area contributed by atoms with Gasteiger partial charge < -0.3 is 14.7 Å². The topological polar surface area (TPSA) is 83.9 Å². The first-order chi connectivity index (χ1) is 8.09. The fourth-order valence-electron chi connectivity index (χ4n) is 1.50. The molecule has 1 N–H and O–H groups in total. The number of amides is 1. The third kappa shape index (κ3) is 5.78. The summed E-state index contributed by atoms with van der Waals surface area (Å²) in [5, 5.41) is 8.42. The van der Waals surface area contributed by atoms with Crippen molar-refractivity contribution in [3.05, 3.63) is 0 Å². The van der Waals surface area contributed by atoms with E-state index in [1.807, 2.05) is 0 Å². The minimum atomic E-state index is -1.26. The number of carboxylic acid groups (broad SMARTS) is 1. The molecule has 17 heavy (non-hydrogen) atoms. The molecule has 0 aromatic rings. The highest BCUT2D eigenvalue weighted by molar-refractivity contribution is 7.85. The van der Waals surface area contributed by atoms with E-state index >= 15 is 0 Å². The van der Waals surface area contributed by atoms with Gasteiger partial charge in [0.15, 0.2) is 0 Å². The van der Waals surface area contributed by atoms with E-state index in [0.717, 1.165) is 0 Å². The predicted molar refractivity (Wildman–Crippen MR) is 62.1 cm³/mol. The zero-order chi connectivity index (χ0) is 12.7. The molecule has 7 heteroatoms. The molecule has 1 saturated heterocycles. The molecule has 98 valence electrons. The Hall–Kier alpha value is -0.950. The Morgan fingerprint density at radius 2 is 1.94 bits per heavy atom. The number of nitrogens with zero attached hydrogens (tertiary/aromatic N) is 1. The summed E-state index contributed by atoms with van der Waals surface area (Å²) >= 11 is 0. The standard InChI is InChI=1S/C10H17NO5S/c12-9(11-3-5-16-6-4-11)8-17(15)7-1-2-10(13)14/h1-8H2,(H,13,14). The van der Waals surface area contributed by atoms with Crippen LogP contribution in [-0.4, -0.2) is 63.9 Å². The third-order valence-electron chi connectivity index (χ3n) is 2.41. The summed E-state index contributed by atoms with van der Waals surface area (Å²) in [5.74, 6) is -0.786. The van der Waals surface area contributed by atoms with Gasteiger partial charge in [0, 0.05) is 36.1 Å². The molecular weight excluding hydrogens is 246 g/mol. The molecule has 1 heterocycles. The lowest BCUT2D eigenvalue weighted by Crippen LogP contribution is -2.42. The van der Waals surface area contributed by atoms with Crippen LogP contribution < -0.4 is 0 Å². The van der Waals surface area contributed by atoms with Gasteiger partial charge in [-0.2, -0.15) is 0 Å². The molecule has 1 aliphatic heterocycles. The predicted octanol–water partition coefficient (Wildman–Crippen LogP) is -0.541. The lowest BCUT2D eigenvalue weighted by molar-refractivity contribution is -0.137. The molecule has 1 fully saturated rings. The van der Waals surface area contributed by atoms with Crippen molar-refractivity contribution >= 4 is 22.7 Å². The molecule has 1 amide bonds. The van der Waals surface area contributed by atoms with E-state index in [4.69, 9.17) is 9.84 Å². The van der Waals surface area contributed by atoms with Crippen molar-refractivity contribution in [2.45, 2.75) is 12.8 Å². The van der Waals surface area contributed by atoms with Crippen molar-refractivity contribution in [3.63, 3.8) is 0 Å². The normalized spacial score (nSPS) is 17.8. The highest BCUT2D eigenvalue weighted by Gasteiger charge is 2.18. The summed E-state index contributed by atoms with van der Waals surface area (Å²) in [7, 11) is -1.26. The molecular formula is C10H17NO5S. The number of carbonyl (C=O) groups is 2. The van der Waals surface area contributed by atoms with Crippen LogP contribution in [0.4, 0.5) is 0 Å². The molecule has 6 nitrogen and oxygen atoms in total. The average molecular weight is 263 g/mol. The fraction of sp³-hybridized carbons (Fsp3) is 0.800. The first-order valence-electron chi connectivity index (χ1n) is 5.52. The monoisotopic (exact) mass is 263 g/mol. The van der Waals surface area contributed by atoms with Crippen LogP contribution in [0.1, 0.15) is 12.8 Å². The van der Waals surface area contributed by atoms with E-state index < -0.39 is 16.8 Å². The number of carboxylic acids is 1. The second-order valence-electron chi connectivity index (χ2n) is 3.78. The summed E-state index contributed by atoms with van der Waals surface area (Å²) in [5.41, 5.74) is 0. The molecule has 0 aromatic carbocycles. The van der Waals surface area contributed by atoms with Crippen molar-refractivity contribution < 1.29 is 23.6 Å². The van der Waals surface area contributed by atoms with E-state index in [2.05, 4.69) is 0 Å². The van der Waals surface area contributed by atoms with Gasteiger partial charge in [0.2, 0.25) is 5.91 Å². The number of aliphatic carboxylic acids is 1. The first-order valence-corrected chi connectivity index (χ1v) is 7.00. The van der Waals surface area contributed by atoms with Crippen molar-refractivity contribution in [1.29, 1.82) is 0 Å². The molecule has 1 rings (SSSR count). The summed E-state index contributed by atoms with van der Waals surface area (Å²) in [4.78, 5) is 23.6. The third-order valence-corrected chi connectivity index (χ3v) is 3.72. The van der Waals surface area contributed by atoms with Gasteiger partial charge in [0.1, 0.15) is 5.75 Å². The second-order valence-corrected chi connectivity index (χ2v) is 5.36. The second kappa shape index (κ2) is 7.39. The van der Waals surface area contributed by atoms with Gasteiger partial charge in [-0.15, -0.1) is 0 Å². The van der Waals surface area contributed by atoms with Crippen LogP contribution in [0.3, 0.4) is 0 Å². The van der Waals surface area contributed by atoms with Gasteiger partial charge in [0.25, 0.3) is 0 Å². The molecule has 0 spiro atoms. The lowest BCUT2D eigenvalue weighted by atomic mass is 10.3. The van der Waals surface area contributed by atoms with Crippen molar-refractivity contribution in [2.75, 3.05) is 37.8 Å². The quantitative estimate of drug-likeness (QED) is 0.695. The van der Waals surface area contributed by atoms with Crippen LogP contribution in [0.25, 0.3) is 0 Å². The molecule has 1 unspecified atom stereocenters. The summed E-state index contributed by atoms with van der Waals surface area (Å²) in [6.45, 7) is 2.14. The zero-order valence-electron chi connectivity index (χ0n) is 9.59. The smallest absolute Gasteiger partial charge is 0.303 e. The van der Waals surface area contributed by atoms with Crippen LogP contribution in [0, 0.1) is 0 Å². The van der Waals surface area contributed by atoms with E-state index in [9.17, 15) is 13.8 Å². The Bertz CT molecular complexity index is 301. The molecule has 0 saturated carbocycles. The van der Waals surface area contributed by atoms with E-state index in [-0.39, 0.29) is 23.8 Å². The molecule has 0 radical (unpaired) electrons. The summed E-state index contributed by atoms with van der Waals surface area (Å²) < 4.78 is 16.6. The van der Waals surface area contributed by atoms with Gasteiger partial charge in [-0.05, 0) is 6.42 Å². The maximum absolute atomic E-state index is 11.7. The van der Waals surface area contributed by atoms with Gasteiger partial charge in [-0.1, -0.05) is 0 Å². The van der Waals surface area contributed by atoms with E-state index in [1.54, 1.807) is 4.90 Å². The lowest BCUT2D eigenvalue weighted by Gasteiger charge is -2.26. The number of hydrogen-bond donors (Lipinski definition) is 1. The van der Waals surface area contributed by atoms with Crippen molar-refractivity contribution in [3.8, 4) is 0 Å². The van der Waals surface area contributed by atoms with Crippen LogP contribution in [0.15, 0.2) is 0 Å². The maximum Gasteiger partial charge on any atom is 0.303 e. The Kier molecular flexibility index (Phi) is 6.13. The fourth-order valence-corrected chi connectivity index (χ4v) is 2.57. The Labute approximate surface area is 102 Å². The highest BCUT2D eigenvalue weighted by Crippen LogP contribution is 2.00. The Balaban J connectivity index is 2.20. The largest absolute Gasteiger partial charge is 0.481 e. The van der Waals surface area contributed by atoms with E-state index in [1.165, 1.54) is 0 Å². The van der Waals surface area contributed by atoms with Crippen LogP contribution in [-0.2, 0) is 25.1 Å². The van der Waals surface area contributed by atoms with Crippen LogP contribution >= 0.6 is 0 Å². The number of hydrogen-bond acceptors (Lipinski definition) is 4. The Morgan fingerprint density at radius 1 is 1.29 bits per heavy atom. The molecule has 0 aliphatic carbocycles. The van der Waals surface area contributed by atoms with Gasteiger partial charge in [-0.25, -0.2) is 0 Å². The molecule has 1 aliphatic rings. The summed E-state index contributed by atoms with van der Waals surface area (Å²) in [6, 6.07) is 0. The Morgan fingerprint density at radius 3 is 2.53 bits per heavy atom. The minimum Gasteiger partial charge on any atom is -0.481 e. The van der Waals surface area contributed by atoms with Crippen LogP contribution in [0.2, 0.25) is 0 Å².